The van der Waals surface area contributed by atoms with Crippen molar-refractivity contribution in [3.63, 3.8) is 0 Å². The molecule has 0 saturated carbocycles. The Labute approximate surface area is 148 Å². The zero-order valence-corrected chi connectivity index (χ0v) is 13.9. The molecule has 2 heterocycles. The number of nitrogens with one attached hydrogen (secondary N) is 2. The second-order valence-corrected chi connectivity index (χ2v) is 5.50. The first kappa shape index (κ1) is 17.3. The highest BCUT2D eigenvalue weighted by molar-refractivity contribution is 5.65. The van der Waals surface area contributed by atoms with Crippen molar-refractivity contribution >= 4 is 11.6 Å². The molecule has 26 heavy (non-hydrogen) atoms. The lowest BCUT2D eigenvalue weighted by Crippen LogP contribution is -2.23. The standard InChI is InChI=1S/C17H16FN7O/c1-10(6-19)26-15-3-2-11(4-13(15)18)14-5-16(25-24-14)23-17-9-21-12(7-20)8-22-17/h2-5,8-10H,6,19H2,1H3,(H2,22,23,24,25)/t10-/m0/s1. The van der Waals surface area contributed by atoms with Crippen molar-refractivity contribution in [2.45, 2.75) is 13.0 Å². The number of benzene rings is 1. The van der Waals surface area contributed by atoms with Crippen LogP contribution in [0.15, 0.2) is 36.7 Å². The van der Waals surface area contributed by atoms with Crippen LogP contribution in [0.3, 0.4) is 0 Å². The summed E-state index contributed by atoms with van der Waals surface area (Å²) in [6.45, 7) is 2.07. The van der Waals surface area contributed by atoms with Crippen LogP contribution >= 0.6 is 0 Å². The quantitative estimate of drug-likeness (QED) is 0.621. The molecule has 0 aliphatic carbocycles. The highest BCUT2D eigenvalue weighted by Gasteiger charge is 2.11. The average Bonchev–Trinajstić information content (AvgIpc) is 3.12. The molecule has 3 aromatic rings. The number of anilines is 2. The number of ether oxygens (including phenoxy) is 1. The Kier molecular flexibility index (Phi) is 5.05. The third-order valence-corrected chi connectivity index (χ3v) is 3.50. The number of halogens is 1. The smallest absolute Gasteiger partial charge is 0.165 e. The van der Waals surface area contributed by atoms with Crippen LogP contribution in [0.4, 0.5) is 16.0 Å². The van der Waals surface area contributed by atoms with Gasteiger partial charge < -0.3 is 15.8 Å². The average molecular weight is 353 g/mol. The molecule has 4 N–H and O–H groups in total. The molecule has 0 fully saturated rings. The summed E-state index contributed by atoms with van der Waals surface area (Å²) in [5.41, 5.74) is 6.93. The molecule has 0 amide bonds. The summed E-state index contributed by atoms with van der Waals surface area (Å²) >= 11 is 0. The minimum absolute atomic E-state index is 0.150. The van der Waals surface area contributed by atoms with Crippen molar-refractivity contribution in [1.82, 2.24) is 20.2 Å². The van der Waals surface area contributed by atoms with E-state index in [2.05, 4.69) is 25.5 Å². The minimum Gasteiger partial charge on any atom is -0.486 e. The van der Waals surface area contributed by atoms with Gasteiger partial charge in [-0.25, -0.2) is 14.4 Å². The van der Waals surface area contributed by atoms with Crippen LogP contribution in [0.2, 0.25) is 0 Å². The molecule has 1 aromatic carbocycles. The van der Waals surface area contributed by atoms with Crippen molar-refractivity contribution in [2.24, 2.45) is 5.73 Å². The number of rotatable bonds is 6. The fourth-order valence-electron chi connectivity index (χ4n) is 2.14. The Bertz CT molecular complexity index is 933. The van der Waals surface area contributed by atoms with Crippen LogP contribution in [0.5, 0.6) is 5.75 Å². The van der Waals surface area contributed by atoms with Gasteiger partial charge in [0.1, 0.15) is 18.0 Å². The highest BCUT2D eigenvalue weighted by Crippen LogP contribution is 2.26. The number of nitrogens with zero attached hydrogens (tertiary/aromatic N) is 4. The normalized spacial score (nSPS) is 11.6. The number of hydrogen-bond donors (Lipinski definition) is 3. The summed E-state index contributed by atoms with van der Waals surface area (Å²) in [7, 11) is 0. The van der Waals surface area contributed by atoms with Gasteiger partial charge in [-0.2, -0.15) is 10.4 Å². The molecule has 9 heteroatoms. The molecular formula is C17H16FN7O. The van der Waals surface area contributed by atoms with E-state index in [0.717, 1.165) is 0 Å². The van der Waals surface area contributed by atoms with Crippen LogP contribution in [-0.2, 0) is 0 Å². The van der Waals surface area contributed by atoms with E-state index >= 15 is 0 Å². The van der Waals surface area contributed by atoms with E-state index < -0.39 is 5.82 Å². The van der Waals surface area contributed by atoms with Gasteiger partial charge in [-0.05, 0) is 25.1 Å². The molecule has 0 unspecified atom stereocenters. The fourth-order valence-corrected chi connectivity index (χ4v) is 2.14. The Morgan fingerprint density at radius 2 is 2.15 bits per heavy atom. The molecule has 0 spiro atoms. The first-order valence-corrected chi connectivity index (χ1v) is 7.80. The first-order valence-electron chi connectivity index (χ1n) is 7.80. The zero-order valence-electron chi connectivity index (χ0n) is 13.9. The largest absolute Gasteiger partial charge is 0.486 e. The van der Waals surface area contributed by atoms with Gasteiger partial charge in [0.2, 0.25) is 0 Å². The number of H-pyrrole nitrogens is 1. The van der Waals surface area contributed by atoms with Gasteiger partial charge in [0, 0.05) is 18.2 Å². The van der Waals surface area contributed by atoms with E-state index in [4.69, 9.17) is 15.7 Å². The Hall–Kier alpha value is -3.51. The second-order valence-electron chi connectivity index (χ2n) is 5.50. The Morgan fingerprint density at radius 3 is 2.81 bits per heavy atom. The monoisotopic (exact) mass is 353 g/mol. The van der Waals surface area contributed by atoms with Gasteiger partial charge >= 0.3 is 0 Å². The summed E-state index contributed by atoms with van der Waals surface area (Å²) in [5, 5.41) is 18.6. The maximum Gasteiger partial charge on any atom is 0.165 e. The molecule has 0 radical (unpaired) electrons. The van der Waals surface area contributed by atoms with E-state index in [0.29, 0.717) is 29.4 Å². The lowest BCUT2D eigenvalue weighted by atomic mass is 10.1. The summed E-state index contributed by atoms with van der Waals surface area (Å²) in [6.07, 6.45) is 2.51. The van der Waals surface area contributed by atoms with Crippen LogP contribution in [0, 0.1) is 17.1 Å². The molecule has 0 aliphatic heterocycles. The predicted molar refractivity (Wildman–Crippen MR) is 93.2 cm³/mol. The zero-order chi connectivity index (χ0) is 18.5. The number of nitriles is 1. The molecule has 0 aliphatic rings. The molecule has 3 rings (SSSR count). The molecule has 0 bridgehead atoms. The molecule has 8 nitrogen and oxygen atoms in total. The summed E-state index contributed by atoms with van der Waals surface area (Å²) in [5.74, 6) is 0.589. The van der Waals surface area contributed by atoms with Crippen molar-refractivity contribution < 1.29 is 9.13 Å². The topological polar surface area (TPSA) is 126 Å². The van der Waals surface area contributed by atoms with Gasteiger partial charge in [-0.15, -0.1) is 0 Å². The number of hydrogen-bond acceptors (Lipinski definition) is 7. The fraction of sp³-hybridized carbons (Fsp3) is 0.176. The Balaban J connectivity index is 1.74. The minimum atomic E-state index is -0.482. The number of aromatic amines is 1. The lowest BCUT2D eigenvalue weighted by molar-refractivity contribution is 0.219. The van der Waals surface area contributed by atoms with Crippen LogP contribution in [0.1, 0.15) is 12.6 Å². The van der Waals surface area contributed by atoms with E-state index in [1.807, 2.05) is 6.07 Å². The summed E-state index contributed by atoms with van der Waals surface area (Å²) in [4.78, 5) is 7.97. The second kappa shape index (κ2) is 7.58. The van der Waals surface area contributed by atoms with E-state index in [9.17, 15) is 4.39 Å². The van der Waals surface area contributed by atoms with Gasteiger partial charge in [0.25, 0.3) is 0 Å². The Morgan fingerprint density at radius 1 is 1.31 bits per heavy atom. The van der Waals surface area contributed by atoms with E-state index in [1.54, 1.807) is 25.1 Å². The third kappa shape index (κ3) is 3.93. The molecule has 2 aromatic heterocycles. The van der Waals surface area contributed by atoms with Crippen LogP contribution in [-0.4, -0.2) is 32.8 Å². The van der Waals surface area contributed by atoms with Crippen molar-refractivity contribution in [3.8, 4) is 23.1 Å². The molecule has 1 atom stereocenters. The van der Waals surface area contributed by atoms with Crippen molar-refractivity contribution in [1.29, 1.82) is 5.26 Å². The van der Waals surface area contributed by atoms with Gasteiger partial charge in [0.05, 0.1) is 18.1 Å². The van der Waals surface area contributed by atoms with Gasteiger partial charge in [-0.1, -0.05) is 0 Å². The lowest BCUT2D eigenvalue weighted by Gasteiger charge is -2.13. The van der Waals surface area contributed by atoms with E-state index in [-0.39, 0.29) is 17.5 Å². The maximum atomic E-state index is 14.2. The van der Waals surface area contributed by atoms with Crippen molar-refractivity contribution in [2.75, 3.05) is 11.9 Å². The number of aromatic nitrogens is 4. The number of nitrogens with two attached hydrogens (primary N) is 1. The van der Waals surface area contributed by atoms with Crippen LogP contribution < -0.4 is 15.8 Å². The van der Waals surface area contributed by atoms with E-state index in [1.165, 1.54) is 18.5 Å². The predicted octanol–water partition coefficient (Wildman–Crippen LogP) is 2.35. The molecule has 132 valence electrons. The first-order chi connectivity index (χ1) is 12.6. The van der Waals surface area contributed by atoms with Crippen molar-refractivity contribution in [3.05, 3.63) is 48.2 Å². The molecular weight excluding hydrogens is 337 g/mol. The van der Waals surface area contributed by atoms with Gasteiger partial charge in [-0.3, -0.25) is 5.10 Å². The SMILES string of the molecule is C[C@@H](CN)Oc1ccc(-c2cc(Nc3cnc(C#N)cn3)n[nH]2)cc1F. The van der Waals surface area contributed by atoms with Gasteiger partial charge in [0.15, 0.2) is 23.1 Å². The summed E-state index contributed by atoms with van der Waals surface area (Å²) in [6, 6.07) is 8.23. The van der Waals surface area contributed by atoms with Crippen LogP contribution in [0.25, 0.3) is 11.3 Å². The maximum absolute atomic E-state index is 14.2. The highest BCUT2D eigenvalue weighted by atomic mass is 19.1. The molecule has 0 saturated heterocycles. The third-order valence-electron chi connectivity index (χ3n) is 3.50. The summed E-state index contributed by atoms with van der Waals surface area (Å²) < 4.78 is 19.6.